The monoisotopic (exact) mass is 280 g/mol. The van der Waals surface area contributed by atoms with E-state index in [1.165, 1.54) is 11.3 Å². The number of rotatable bonds is 4. The van der Waals surface area contributed by atoms with E-state index in [1.54, 1.807) is 13.2 Å². The Balaban J connectivity index is 2.37. The Bertz CT molecular complexity index is 575. The van der Waals surface area contributed by atoms with Crippen LogP contribution in [0.5, 0.6) is 5.75 Å². The predicted molar refractivity (Wildman–Crippen MR) is 75.9 cm³/mol. The molecule has 2 nitrogen and oxygen atoms in total. The number of methoxy groups -OCH3 is 1. The van der Waals surface area contributed by atoms with Crippen molar-refractivity contribution in [2.45, 2.75) is 13.3 Å². The van der Waals surface area contributed by atoms with Gasteiger partial charge >= 0.3 is 0 Å². The van der Waals surface area contributed by atoms with E-state index in [-0.39, 0.29) is 5.78 Å². The molecule has 0 radical (unpaired) electrons. The topological polar surface area (TPSA) is 26.3 Å². The zero-order valence-electron chi connectivity index (χ0n) is 10.2. The molecule has 2 rings (SSSR count). The molecule has 0 amide bonds. The van der Waals surface area contributed by atoms with Gasteiger partial charge in [-0.15, -0.1) is 11.3 Å². The number of carbonyl (C=O) groups excluding carboxylic acids is 1. The van der Waals surface area contributed by atoms with Crippen molar-refractivity contribution in [1.29, 1.82) is 0 Å². The Morgan fingerprint density at radius 3 is 2.78 bits per heavy atom. The second-order valence-electron chi connectivity index (χ2n) is 3.79. The van der Waals surface area contributed by atoms with Gasteiger partial charge in [0, 0.05) is 11.3 Å². The minimum Gasteiger partial charge on any atom is -0.495 e. The fourth-order valence-corrected chi connectivity index (χ4v) is 2.84. The molecule has 0 aliphatic rings. The van der Waals surface area contributed by atoms with Gasteiger partial charge in [0.1, 0.15) is 5.75 Å². The van der Waals surface area contributed by atoms with Crippen molar-refractivity contribution in [3.8, 4) is 16.2 Å². The minimum atomic E-state index is 0.173. The summed E-state index contributed by atoms with van der Waals surface area (Å²) in [5.74, 6) is 0.818. The zero-order valence-corrected chi connectivity index (χ0v) is 11.8. The van der Waals surface area contributed by atoms with Crippen molar-refractivity contribution in [2.24, 2.45) is 0 Å². The number of thiophene rings is 1. The molecular weight excluding hydrogens is 268 g/mol. The fraction of sp³-hybridized carbons (Fsp3) is 0.214. The summed E-state index contributed by atoms with van der Waals surface area (Å²) in [4.78, 5) is 13.4. The van der Waals surface area contributed by atoms with Crippen LogP contribution in [0.25, 0.3) is 10.4 Å². The number of hydrogen-bond donors (Lipinski definition) is 0. The average molecular weight is 281 g/mol. The second kappa shape index (κ2) is 5.55. The number of hydrogen-bond acceptors (Lipinski definition) is 3. The van der Waals surface area contributed by atoms with Gasteiger partial charge in [0.05, 0.1) is 17.0 Å². The third-order valence-corrected chi connectivity index (χ3v) is 4.13. The van der Waals surface area contributed by atoms with Crippen LogP contribution in [0, 0.1) is 0 Å². The molecule has 18 heavy (non-hydrogen) atoms. The van der Waals surface area contributed by atoms with E-state index in [1.807, 2.05) is 31.2 Å². The van der Waals surface area contributed by atoms with Gasteiger partial charge in [-0.05, 0) is 29.8 Å². The molecule has 0 bridgehead atoms. The molecule has 0 unspecified atom stereocenters. The molecule has 0 aliphatic heterocycles. The molecule has 0 saturated carbocycles. The van der Waals surface area contributed by atoms with Crippen molar-refractivity contribution in [3.63, 3.8) is 0 Å². The summed E-state index contributed by atoms with van der Waals surface area (Å²) < 4.78 is 5.19. The number of benzene rings is 1. The number of Topliss-reactive ketones (excluding diaryl/α,β-unsaturated/α-hetero) is 1. The summed E-state index contributed by atoms with van der Waals surface area (Å²) in [6.07, 6.45) is 0.532. The van der Waals surface area contributed by atoms with E-state index in [0.29, 0.717) is 17.2 Å². The van der Waals surface area contributed by atoms with Crippen LogP contribution in [0.4, 0.5) is 0 Å². The Kier molecular flexibility index (Phi) is 4.04. The van der Waals surface area contributed by atoms with Crippen LogP contribution in [0.15, 0.2) is 30.3 Å². The standard InChI is InChI=1S/C14H13ClO2S/c1-3-11(16)14-7-6-13(18-14)9-4-5-10(15)12(8-9)17-2/h4-8H,3H2,1-2H3. The summed E-state index contributed by atoms with van der Waals surface area (Å²) >= 11 is 7.48. The van der Waals surface area contributed by atoms with Crippen LogP contribution in [0.3, 0.4) is 0 Å². The molecule has 4 heteroatoms. The van der Waals surface area contributed by atoms with Gasteiger partial charge in [-0.2, -0.15) is 0 Å². The van der Waals surface area contributed by atoms with Crippen LogP contribution in [0.1, 0.15) is 23.0 Å². The summed E-state index contributed by atoms with van der Waals surface area (Å²) in [6, 6.07) is 9.44. The number of carbonyl (C=O) groups is 1. The fourth-order valence-electron chi connectivity index (χ4n) is 1.63. The Morgan fingerprint density at radius 2 is 2.11 bits per heavy atom. The van der Waals surface area contributed by atoms with Crippen LogP contribution >= 0.6 is 22.9 Å². The molecule has 0 saturated heterocycles. The summed E-state index contributed by atoms with van der Waals surface area (Å²) in [6.45, 7) is 1.87. The highest BCUT2D eigenvalue weighted by Gasteiger charge is 2.10. The van der Waals surface area contributed by atoms with E-state index in [4.69, 9.17) is 16.3 Å². The first-order valence-corrected chi connectivity index (χ1v) is 6.82. The number of ketones is 1. The summed E-state index contributed by atoms with van der Waals surface area (Å²) in [7, 11) is 1.59. The molecule has 0 spiro atoms. The van der Waals surface area contributed by atoms with Crippen molar-refractivity contribution in [1.82, 2.24) is 0 Å². The quantitative estimate of drug-likeness (QED) is 0.761. The molecular formula is C14H13ClO2S. The van der Waals surface area contributed by atoms with Gasteiger partial charge in [0.25, 0.3) is 0 Å². The van der Waals surface area contributed by atoms with E-state index in [0.717, 1.165) is 15.3 Å². The maximum absolute atomic E-state index is 11.6. The molecule has 0 fully saturated rings. The van der Waals surface area contributed by atoms with Gasteiger partial charge in [0.2, 0.25) is 0 Å². The van der Waals surface area contributed by atoms with Crippen molar-refractivity contribution in [2.75, 3.05) is 7.11 Å². The minimum absolute atomic E-state index is 0.173. The van der Waals surface area contributed by atoms with Gasteiger partial charge in [-0.25, -0.2) is 0 Å². The van der Waals surface area contributed by atoms with Crippen LogP contribution < -0.4 is 4.74 Å². The van der Waals surface area contributed by atoms with Crippen LogP contribution in [0.2, 0.25) is 5.02 Å². The van der Waals surface area contributed by atoms with Crippen LogP contribution in [-0.4, -0.2) is 12.9 Å². The highest BCUT2D eigenvalue weighted by atomic mass is 35.5. The molecule has 0 atom stereocenters. The van der Waals surface area contributed by atoms with E-state index in [9.17, 15) is 4.79 Å². The molecule has 1 heterocycles. The van der Waals surface area contributed by atoms with Gasteiger partial charge < -0.3 is 4.74 Å². The second-order valence-corrected chi connectivity index (χ2v) is 5.28. The third kappa shape index (κ3) is 2.57. The molecule has 94 valence electrons. The smallest absolute Gasteiger partial charge is 0.172 e. The lowest BCUT2D eigenvalue weighted by molar-refractivity contribution is 0.0992. The van der Waals surface area contributed by atoms with Crippen molar-refractivity contribution < 1.29 is 9.53 Å². The lowest BCUT2D eigenvalue weighted by atomic mass is 10.2. The first-order valence-electron chi connectivity index (χ1n) is 5.62. The first-order chi connectivity index (χ1) is 8.65. The maximum Gasteiger partial charge on any atom is 0.172 e. The molecule has 0 N–H and O–H groups in total. The van der Waals surface area contributed by atoms with Crippen molar-refractivity contribution in [3.05, 3.63) is 40.2 Å². The van der Waals surface area contributed by atoms with Gasteiger partial charge in [0.15, 0.2) is 5.78 Å². The highest BCUT2D eigenvalue weighted by molar-refractivity contribution is 7.17. The normalized spacial score (nSPS) is 10.4. The lowest BCUT2D eigenvalue weighted by Crippen LogP contribution is -1.90. The van der Waals surface area contributed by atoms with Crippen molar-refractivity contribution >= 4 is 28.7 Å². The molecule has 1 aromatic heterocycles. The largest absolute Gasteiger partial charge is 0.495 e. The summed E-state index contributed by atoms with van der Waals surface area (Å²) in [5, 5.41) is 0.586. The van der Waals surface area contributed by atoms with E-state index >= 15 is 0 Å². The Labute approximate surface area is 115 Å². The Morgan fingerprint density at radius 1 is 1.33 bits per heavy atom. The first kappa shape index (κ1) is 13.1. The predicted octanol–water partition coefficient (Wildman–Crippen LogP) is 4.67. The third-order valence-electron chi connectivity index (χ3n) is 2.64. The average Bonchev–Trinajstić information content (AvgIpc) is 2.88. The highest BCUT2D eigenvalue weighted by Crippen LogP contribution is 2.34. The van der Waals surface area contributed by atoms with Gasteiger partial charge in [-0.3, -0.25) is 4.79 Å². The SMILES string of the molecule is CCC(=O)c1ccc(-c2ccc(Cl)c(OC)c2)s1. The number of halogens is 1. The lowest BCUT2D eigenvalue weighted by Gasteiger charge is -2.04. The van der Waals surface area contributed by atoms with Gasteiger partial charge in [-0.1, -0.05) is 24.6 Å². The summed E-state index contributed by atoms with van der Waals surface area (Å²) in [5.41, 5.74) is 1.01. The van der Waals surface area contributed by atoms with Crippen LogP contribution in [-0.2, 0) is 0 Å². The number of ether oxygens (including phenoxy) is 1. The maximum atomic E-state index is 11.6. The van der Waals surface area contributed by atoms with E-state index in [2.05, 4.69) is 0 Å². The van der Waals surface area contributed by atoms with E-state index < -0.39 is 0 Å². The molecule has 1 aromatic carbocycles. The molecule has 0 aliphatic carbocycles. The Hall–Kier alpha value is -1.32. The molecule has 2 aromatic rings. The zero-order chi connectivity index (χ0) is 13.1.